The van der Waals surface area contributed by atoms with Gasteiger partial charge in [-0.1, -0.05) is 6.92 Å². The highest BCUT2D eigenvalue weighted by atomic mass is 15.1. The van der Waals surface area contributed by atoms with Crippen molar-refractivity contribution in [2.45, 2.75) is 33.2 Å². The first-order valence-electron chi connectivity index (χ1n) is 5.57. The third-order valence-corrected chi connectivity index (χ3v) is 2.50. The van der Waals surface area contributed by atoms with Crippen molar-refractivity contribution >= 4 is 0 Å². The van der Waals surface area contributed by atoms with Crippen LogP contribution < -0.4 is 0 Å². The summed E-state index contributed by atoms with van der Waals surface area (Å²) in [6.07, 6.45) is 6.29. The summed E-state index contributed by atoms with van der Waals surface area (Å²) in [5.74, 6) is 1.82. The minimum absolute atomic E-state index is 0.372. The van der Waals surface area contributed by atoms with Crippen LogP contribution in [0.15, 0.2) is 24.7 Å². The first kappa shape index (κ1) is 10.8. The summed E-state index contributed by atoms with van der Waals surface area (Å²) in [5, 5.41) is 0. The van der Waals surface area contributed by atoms with Crippen LogP contribution in [0.25, 0.3) is 11.5 Å². The fourth-order valence-corrected chi connectivity index (χ4v) is 1.83. The molecule has 0 saturated heterocycles. The van der Waals surface area contributed by atoms with Crippen molar-refractivity contribution in [3.63, 3.8) is 0 Å². The van der Waals surface area contributed by atoms with Crippen LogP contribution in [-0.2, 0) is 6.42 Å². The lowest BCUT2D eigenvalue weighted by atomic mass is 10.3. The highest BCUT2D eigenvalue weighted by Crippen LogP contribution is 2.21. The monoisotopic (exact) mass is 216 g/mol. The average Bonchev–Trinajstić information content (AvgIpc) is 2.73. The van der Waals surface area contributed by atoms with Gasteiger partial charge in [-0.15, -0.1) is 0 Å². The van der Waals surface area contributed by atoms with E-state index in [0.29, 0.717) is 6.04 Å². The maximum atomic E-state index is 4.42. The molecule has 84 valence electrons. The zero-order valence-corrected chi connectivity index (χ0v) is 9.88. The van der Waals surface area contributed by atoms with Gasteiger partial charge in [0.1, 0.15) is 11.5 Å². The van der Waals surface area contributed by atoms with E-state index in [1.807, 2.05) is 12.3 Å². The molecule has 4 heteroatoms. The maximum absolute atomic E-state index is 4.42. The highest BCUT2D eigenvalue weighted by Gasteiger charge is 2.14. The number of hydrogen-bond donors (Lipinski definition) is 0. The van der Waals surface area contributed by atoms with Gasteiger partial charge in [-0.25, -0.2) is 15.0 Å². The van der Waals surface area contributed by atoms with E-state index < -0.39 is 0 Å². The van der Waals surface area contributed by atoms with Gasteiger partial charge in [0, 0.05) is 24.9 Å². The van der Waals surface area contributed by atoms with Crippen LogP contribution in [0, 0.1) is 0 Å². The summed E-state index contributed by atoms with van der Waals surface area (Å²) in [7, 11) is 0. The molecular formula is C12H16N4. The van der Waals surface area contributed by atoms with E-state index >= 15 is 0 Å². The molecule has 2 aromatic heterocycles. The van der Waals surface area contributed by atoms with Crippen LogP contribution in [0.1, 0.15) is 32.6 Å². The van der Waals surface area contributed by atoms with Crippen molar-refractivity contribution in [1.82, 2.24) is 19.5 Å². The van der Waals surface area contributed by atoms with Gasteiger partial charge < -0.3 is 4.57 Å². The Morgan fingerprint density at radius 1 is 1.19 bits per heavy atom. The number of imidazole rings is 1. The number of rotatable bonds is 3. The molecule has 0 bridgehead atoms. The second kappa shape index (κ2) is 4.43. The van der Waals surface area contributed by atoms with Gasteiger partial charge in [-0.3, -0.25) is 0 Å². The summed E-state index contributed by atoms with van der Waals surface area (Å²) < 4.78 is 2.19. The minimum Gasteiger partial charge on any atom is -0.323 e. The van der Waals surface area contributed by atoms with Gasteiger partial charge >= 0.3 is 0 Å². The van der Waals surface area contributed by atoms with Crippen molar-refractivity contribution < 1.29 is 0 Å². The lowest BCUT2D eigenvalue weighted by Gasteiger charge is -2.13. The van der Waals surface area contributed by atoms with Crippen LogP contribution in [0.2, 0.25) is 0 Å². The van der Waals surface area contributed by atoms with Gasteiger partial charge in [0.25, 0.3) is 0 Å². The zero-order chi connectivity index (χ0) is 11.5. The number of aromatic nitrogens is 4. The van der Waals surface area contributed by atoms with Gasteiger partial charge in [-0.05, 0) is 19.9 Å². The van der Waals surface area contributed by atoms with Crippen molar-refractivity contribution in [3.8, 4) is 11.5 Å². The van der Waals surface area contributed by atoms with E-state index in [9.17, 15) is 0 Å². The summed E-state index contributed by atoms with van der Waals surface area (Å²) >= 11 is 0. The number of hydrogen-bond acceptors (Lipinski definition) is 3. The van der Waals surface area contributed by atoms with E-state index in [0.717, 1.165) is 23.8 Å². The molecule has 0 unspecified atom stereocenters. The van der Waals surface area contributed by atoms with Gasteiger partial charge in [0.05, 0.1) is 6.20 Å². The SMILES string of the molecule is CCc1ncc(-c2ncccn2)n1C(C)C. The van der Waals surface area contributed by atoms with E-state index in [-0.39, 0.29) is 0 Å². The molecular weight excluding hydrogens is 200 g/mol. The van der Waals surface area contributed by atoms with Gasteiger partial charge in [0.2, 0.25) is 0 Å². The molecule has 0 aliphatic heterocycles. The molecule has 4 nitrogen and oxygen atoms in total. The molecule has 16 heavy (non-hydrogen) atoms. The zero-order valence-electron chi connectivity index (χ0n) is 9.88. The number of nitrogens with zero attached hydrogens (tertiary/aromatic N) is 4. The largest absolute Gasteiger partial charge is 0.323 e. The molecule has 2 rings (SSSR count). The van der Waals surface area contributed by atoms with Crippen LogP contribution in [0.5, 0.6) is 0 Å². The normalized spacial score (nSPS) is 11.0. The molecule has 0 amide bonds. The summed E-state index contributed by atoms with van der Waals surface area (Å²) in [4.78, 5) is 13.0. The van der Waals surface area contributed by atoms with Gasteiger partial charge in [0.15, 0.2) is 5.82 Å². The fraction of sp³-hybridized carbons (Fsp3) is 0.417. The molecule has 0 spiro atoms. The van der Waals surface area contributed by atoms with Crippen molar-refractivity contribution in [3.05, 3.63) is 30.5 Å². The maximum Gasteiger partial charge on any atom is 0.177 e. The lowest BCUT2D eigenvalue weighted by molar-refractivity contribution is 0.575. The fourth-order valence-electron chi connectivity index (χ4n) is 1.83. The molecule has 2 heterocycles. The van der Waals surface area contributed by atoms with Crippen molar-refractivity contribution in [2.75, 3.05) is 0 Å². The molecule has 0 fully saturated rings. The topological polar surface area (TPSA) is 43.6 Å². The summed E-state index contributed by atoms with van der Waals surface area (Å²) in [5.41, 5.74) is 0.993. The van der Waals surface area contributed by atoms with Gasteiger partial charge in [-0.2, -0.15) is 0 Å². The second-order valence-electron chi connectivity index (χ2n) is 3.95. The van der Waals surface area contributed by atoms with Crippen molar-refractivity contribution in [1.29, 1.82) is 0 Å². The number of aryl methyl sites for hydroxylation is 1. The Morgan fingerprint density at radius 3 is 2.44 bits per heavy atom. The summed E-state index contributed by atoms with van der Waals surface area (Å²) in [6, 6.07) is 2.19. The Balaban J connectivity index is 2.53. The Kier molecular flexibility index (Phi) is 2.99. The van der Waals surface area contributed by atoms with E-state index in [1.54, 1.807) is 12.4 Å². The molecule has 0 N–H and O–H groups in total. The first-order valence-corrected chi connectivity index (χ1v) is 5.57. The molecule has 0 aromatic carbocycles. The predicted octanol–water partition coefficient (Wildman–Crippen LogP) is 2.48. The Morgan fingerprint density at radius 2 is 1.88 bits per heavy atom. The molecule has 0 aliphatic carbocycles. The predicted molar refractivity (Wildman–Crippen MR) is 63.0 cm³/mol. The van der Waals surface area contributed by atoms with Crippen LogP contribution in [-0.4, -0.2) is 19.5 Å². The van der Waals surface area contributed by atoms with Crippen molar-refractivity contribution in [2.24, 2.45) is 0 Å². The molecule has 0 saturated carbocycles. The third kappa shape index (κ3) is 1.83. The third-order valence-electron chi connectivity index (χ3n) is 2.50. The minimum atomic E-state index is 0.372. The molecule has 0 atom stereocenters. The quantitative estimate of drug-likeness (QED) is 0.791. The smallest absolute Gasteiger partial charge is 0.177 e. The second-order valence-corrected chi connectivity index (χ2v) is 3.95. The Hall–Kier alpha value is -1.71. The van der Waals surface area contributed by atoms with Crippen LogP contribution >= 0.6 is 0 Å². The average molecular weight is 216 g/mol. The van der Waals surface area contributed by atoms with Crippen LogP contribution in [0.3, 0.4) is 0 Å². The lowest BCUT2D eigenvalue weighted by Crippen LogP contribution is -2.08. The molecule has 0 radical (unpaired) electrons. The Bertz CT molecular complexity index is 459. The van der Waals surface area contributed by atoms with Crippen LogP contribution in [0.4, 0.5) is 0 Å². The molecule has 2 aromatic rings. The van der Waals surface area contributed by atoms with E-state index in [4.69, 9.17) is 0 Å². The highest BCUT2D eigenvalue weighted by molar-refractivity contribution is 5.49. The summed E-state index contributed by atoms with van der Waals surface area (Å²) in [6.45, 7) is 6.40. The molecule has 0 aliphatic rings. The van der Waals surface area contributed by atoms with E-state index in [1.165, 1.54) is 0 Å². The Labute approximate surface area is 95.4 Å². The standard InChI is InChI=1S/C12H16N4/c1-4-11-15-8-10(16(11)9(2)3)12-13-6-5-7-14-12/h5-9H,4H2,1-3H3. The van der Waals surface area contributed by atoms with E-state index in [2.05, 4.69) is 40.3 Å². The first-order chi connectivity index (χ1) is 7.74.